The van der Waals surface area contributed by atoms with Crippen LogP contribution in [0.4, 0.5) is 0 Å². The smallest absolute Gasteiger partial charge is 0.278 e. The molecule has 5 nitrogen and oxygen atoms in total. The Bertz CT molecular complexity index is 584. The van der Waals surface area contributed by atoms with Gasteiger partial charge in [0.25, 0.3) is 5.91 Å². The SMILES string of the molecule is COc1ccc(O)cc1C(=O)NOCc1ccccc1. The minimum absolute atomic E-state index is 0.0148. The normalized spacial score (nSPS) is 10.1. The van der Waals surface area contributed by atoms with Gasteiger partial charge in [0, 0.05) is 0 Å². The number of aromatic hydroxyl groups is 1. The van der Waals surface area contributed by atoms with Gasteiger partial charge in [0.1, 0.15) is 11.5 Å². The van der Waals surface area contributed by atoms with Crippen LogP contribution in [0.3, 0.4) is 0 Å². The number of rotatable bonds is 5. The predicted molar refractivity (Wildman–Crippen MR) is 73.4 cm³/mol. The summed E-state index contributed by atoms with van der Waals surface area (Å²) in [5.41, 5.74) is 3.47. The molecule has 2 rings (SSSR count). The summed E-state index contributed by atoms with van der Waals surface area (Å²) in [6.45, 7) is 0.258. The molecule has 0 heterocycles. The van der Waals surface area contributed by atoms with Gasteiger partial charge < -0.3 is 9.84 Å². The summed E-state index contributed by atoms with van der Waals surface area (Å²) in [6.07, 6.45) is 0. The van der Waals surface area contributed by atoms with Crippen molar-refractivity contribution in [2.24, 2.45) is 0 Å². The Balaban J connectivity index is 1.97. The van der Waals surface area contributed by atoms with Gasteiger partial charge in [-0.05, 0) is 23.8 Å². The number of hydroxylamine groups is 1. The van der Waals surface area contributed by atoms with Crippen LogP contribution in [-0.4, -0.2) is 18.1 Å². The number of carbonyl (C=O) groups excluding carboxylic acids is 1. The zero-order chi connectivity index (χ0) is 14.4. The van der Waals surface area contributed by atoms with Gasteiger partial charge in [-0.1, -0.05) is 30.3 Å². The minimum Gasteiger partial charge on any atom is -0.508 e. The molecule has 0 unspecified atom stereocenters. The van der Waals surface area contributed by atoms with E-state index in [0.717, 1.165) is 5.56 Å². The molecule has 5 heteroatoms. The molecule has 0 saturated heterocycles. The molecular formula is C15H15NO4. The predicted octanol–water partition coefficient (Wildman–Crippen LogP) is 2.26. The standard InChI is InChI=1S/C15H15NO4/c1-19-14-8-7-12(17)9-13(14)15(18)16-20-10-11-5-3-2-4-6-11/h2-9,17H,10H2,1H3,(H,16,18). The summed E-state index contributed by atoms with van der Waals surface area (Å²) in [7, 11) is 1.45. The van der Waals surface area contributed by atoms with Crippen LogP contribution in [0, 0.1) is 0 Å². The van der Waals surface area contributed by atoms with Crippen LogP contribution >= 0.6 is 0 Å². The Kier molecular flexibility index (Phi) is 4.57. The molecule has 0 saturated carbocycles. The van der Waals surface area contributed by atoms with Crippen molar-refractivity contribution in [3.05, 3.63) is 59.7 Å². The highest BCUT2D eigenvalue weighted by Gasteiger charge is 2.13. The lowest BCUT2D eigenvalue weighted by molar-refractivity contribution is 0.0231. The second-order valence-corrected chi connectivity index (χ2v) is 4.09. The zero-order valence-electron chi connectivity index (χ0n) is 11.0. The molecule has 0 aliphatic heterocycles. The summed E-state index contributed by atoms with van der Waals surface area (Å²) in [5.74, 6) is -0.128. The number of benzene rings is 2. The Morgan fingerprint density at radius 3 is 2.65 bits per heavy atom. The number of hydrogen-bond acceptors (Lipinski definition) is 4. The van der Waals surface area contributed by atoms with E-state index in [0.29, 0.717) is 5.75 Å². The van der Waals surface area contributed by atoms with Gasteiger partial charge >= 0.3 is 0 Å². The van der Waals surface area contributed by atoms with Crippen molar-refractivity contribution < 1.29 is 19.5 Å². The van der Waals surface area contributed by atoms with Crippen LogP contribution in [0.2, 0.25) is 0 Å². The lowest BCUT2D eigenvalue weighted by atomic mass is 10.2. The lowest BCUT2D eigenvalue weighted by Crippen LogP contribution is -2.24. The monoisotopic (exact) mass is 273 g/mol. The van der Waals surface area contributed by atoms with Crippen LogP contribution in [0.15, 0.2) is 48.5 Å². The van der Waals surface area contributed by atoms with Gasteiger partial charge in [0.05, 0.1) is 19.3 Å². The fraction of sp³-hybridized carbons (Fsp3) is 0.133. The third-order valence-corrected chi connectivity index (χ3v) is 2.67. The van der Waals surface area contributed by atoms with E-state index in [1.165, 1.54) is 25.3 Å². The highest BCUT2D eigenvalue weighted by molar-refractivity contribution is 5.96. The molecule has 0 spiro atoms. The summed E-state index contributed by atoms with van der Waals surface area (Å²) < 4.78 is 5.06. The molecule has 0 aromatic heterocycles. The van der Waals surface area contributed by atoms with Crippen molar-refractivity contribution in [3.63, 3.8) is 0 Å². The molecule has 0 aliphatic rings. The average molecular weight is 273 g/mol. The van der Waals surface area contributed by atoms with Crippen molar-refractivity contribution in [1.82, 2.24) is 5.48 Å². The number of methoxy groups -OCH3 is 1. The van der Waals surface area contributed by atoms with E-state index >= 15 is 0 Å². The fourth-order valence-corrected chi connectivity index (χ4v) is 1.69. The number of phenolic OH excluding ortho intramolecular Hbond substituents is 1. The van der Waals surface area contributed by atoms with Gasteiger partial charge in [-0.15, -0.1) is 0 Å². The third kappa shape index (κ3) is 3.49. The third-order valence-electron chi connectivity index (χ3n) is 2.67. The maximum Gasteiger partial charge on any atom is 0.278 e. The van der Waals surface area contributed by atoms with Crippen LogP contribution in [0.1, 0.15) is 15.9 Å². The van der Waals surface area contributed by atoms with Crippen LogP contribution < -0.4 is 10.2 Å². The van der Waals surface area contributed by atoms with Gasteiger partial charge in [-0.25, -0.2) is 5.48 Å². The first-order valence-electron chi connectivity index (χ1n) is 6.04. The average Bonchev–Trinajstić information content (AvgIpc) is 2.48. The Labute approximate surface area is 116 Å². The van der Waals surface area contributed by atoms with Gasteiger partial charge in [0.2, 0.25) is 0 Å². The number of nitrogens with one attached hydrogen (secondary N) is 1. The number of hydrogen-bond donors (Lipinski definition) is 2. The number of carbonyl (C=O) groups is 1. The number of amides is 1. The molecule has 0 bridgehead atoms. The van der Waals surface area contributed by atoms with E-state index in [1.807, 2.05) is 30.3 Å². The number of ether oxygens (including phenoxy) is 1. The van der Waals surface area contributed by atoms with Crippen molar-refractivity contribution in [1.29, 1.82) is 0 Å². The molecule has 0 aliphatic carbocycles. The van der Waals surface area contributed by atoms with Crippen molar-refractivity contribution >= 4 is 5.91 Å². The Hall–Kier alpha value is -2.53. The van der Waals surface area contributed by atoms with Gasteiger partial charge in [-0.2, -0.15) is 0 Å². The number of phenols is 1. The molecule has 2 aromatic carbocycles. The first-order valence-corrected chi connectivity index (χ1v) is 6.04. The van der Waals surface area contributed by atoms with Gasteiger partial charge in [0.15, 0.2) is 0 Å². The molecule has 20 heavy (non-hydrogen) atoms. The van der Waals surface area contributed by atoms with E-state index in [2.05, 4.69) is 5.48 Å². The van der Waals surface area contributed by atoms with Crippen molar-refractivity contribution in [2.75, 3.05) is 7.11 Å². The first-order chi connectivity index (χ1) is 9.70. The molecule has 104 valence electrons. The van der Waals surface area contributed by atoms with Crippen LogP contribution in [0.5, 0.6) is 11.5 Å². The second-order valence-electron chi connectivity index (χ2n) is 4.09. The maximum absolute atomic E-state index is 11.9. The highest BCUT2D eigenvalue weighted by atomic mass is 16.6. The Morgan fingerprint density at radius 2 is 1.95 bits per heavy atom. The first kappa shape index (κ1) is 13.9. The molecular weight excluding hydrogens is 258 g/mol. The topological polar surface area (TPSA) is 67.8 Å². The molecule has 0 atom stereocenters. The van der Waals surface area contributed by atoms with E-state index in [4.69, 9.17) is 9.57 Å². The molecule has 0 radical (unpaired) electrons. The quantitative estimate of drug-likeness (QED) is 0.820. The van der Waals surface area contributed by atoms with Crippen LogP contribution in [-0.2, 0) is 11.4 Å². The summed E-state index contributed by atoms with van der Waals surface area (Å²) >= 11 is 0. The summed E-state index contributed by atoms with van der Waals surface area (Å²) in [4.78, 5) is 17.1. The summed E-state index contributed by atoms with van der Waals surface area (Å²) in [6, 6.07) is 13.7. The zero-order valence-corrected chi connectivity index (χ0v) is 11.0. The van der Waals surface area contributed by atoms with Gasteiger partial charge in [-0.3, -0.25) is 9.63 Å². The molecule has 1 amide bonds. The molecule has 2 aromatic rings. The molecule has 2 N–H and O–H groups in total. The lowest BCUT2D eigenvalue weighted by Gasteiger charge is -2.09. The van der Waals surface area contributed by atoms with Crippen LogP contribution in [0.25, 0.3) is 0 Å². The maximum atomic E-state index is 11.9. The van der Waals surface area contributed by atoms with Crippen molar-refractivity contribution in [2.45, 2.75) is 6.61 Å². The van der Waals surface area contributed by atoms with E-state index in [9.17, 15) is 9.90 Å². The summed E-state index contributed by atoms with van der Waals surface area (Å²) in [5, 5.41) is 9.41. The minimum atomic E-state index is -0.478. The van der Waals surface area contributed by atoms with E-state index in [-0.39, 0.29) is 17.9 Å². The van der Waals surface area contributed by atoms with E-state index < -0.39 is 5.91 Å². The Morgan fingerprint density at radius 1 is 1.20 bits per heavy atom. The largest absolute Gasteiger partial charge is 0.508 e. The highest BCUT2D eigenvalue weighted by Crippen LogP contribution is 2.22. The molecule has 0 fully saturated rings. The van der Waals surface area contributed by atoms with Crippen molar-refractivity contribution in [3.8, 4) is 11.5 Å². The fourth-order valence-electron chi connectivity index (χ4n) is 1.69. The second kappa shape index (κ2) is 6.58. The van der Waals surface area contributed by atoms with E-state index in [1.54, 1.807) is 0 Å².